The molecule has 0 spiro atoms. The van der Waals surface area contributed by atoms with Crippen molar-refractivity contribution in [3.63, 3.8) is 0 Å². The molecule has 3 aromatic carbocycles. The Labute approximate surface area is 192 Å². The minimum atomic E-state index is -0.304. The largest absolute Gasteiger partial charge is 0.484 e. The second kappa shape index (κ2) is 9.28. The molecule has 4 rings (SSSR count). The smallest absolute Gasteiger partial charge is 0.262 e. The van der Waals surface area contributed by atoms with Crippen LogP contribution in [0.3, 0.4) is 0 Å². The Morgan fingerprint density at radius 1 is 1.03 bits per heavy atom. The van der Waals surface area contributed by atoms with Gasteiger partial charge in [0.05, 0.1) is 9.86 Å². The number of rotatable bonds is 6. The summed E-state index contributed by atoms with van der Waals surface area (Å²) >= 11 is 3.39. The minimum absolute atomic E-state index is 0.0750. The Morgan fingerprint density at radius 3 is 2.66 bits per heavy atom. The average Bonchev–Trinajstić information content (AvgIpc) is 2.78. The summed E-state index contributed by atoms with van der Waals surface area (Å²) in [6, 6.07) is 17.8. The lowest BCUT2D eigenvalue weighted by molar-refractivity contribution is -0.118. The number of benzene rings is 3. The summed E-state index contributed by atoms with van der Waals surface area (Å²) in [5, 5.41) is 3.19. The molecule has 0 aliphatic carbocycles. The van der Waals surface area contributed by atoms with Gasteiger partial charge in [-0.2, -0.15) is 0 Å². The van der Waals surface area contributed by atoms with Crippen LogP contribution in [0.5, 0.6) is 17.2 Å². The quantitative estimate of drug-likeness (QED) is 0.357. The van der Waals surface area contributed by atoms with Gasteiger partial charge in [-0.25, -0.2) is 0 Å². The molecular weight excluding hydrogens is 474 g/mol. The molecule has 0 saturated carbocycles. The van der Waals surface area contributed by atoms with Crippen molar-refractivity contribution in [1.29, 1.82) is 0 Å². The van der Waals surface area contributed by atoms with Crippen LogP contribution in [-0.2, 0) is 4.79 Å². The van der Waals surface area contributed by atoms with Gasteiger partial charge in [-0.05, 0) is 71.2 Å². The van der Waals surface area contributed by atoms with Gasteiger partial charge < -0.3 is 19.2 Å². The fourth-order valence-electron chi connectivity index (χ4n) is 3.10. The van der Waals surface area contributed by atoms with Crippen molar-refractivity contribution in [2.75, 3.05) is 11.9 Å². The number of para-hydroxylation sites is 1. The Kier molecular flexibility index (Phi) is 6.28. The number of ether oxygens (including phenoxy) is 2. The van der Waals surface area contributed by atoms with Gasteiger partial charge in [0.1, 0.15) is 23.3 Å². The van der Waals surface area contributed by atoms with Gasteiger partial charge in [-0.3, -0.25) is 9.59 Å². The van der Waals surface area contributed by atoms with Gasteiger partial charge in [-0.15, -0.1) is 0 Å². The first kappa shape index (κ1) is 21.6. The zero-order chi connectivity index (χ0) is 22.7. The molecular formula is C25H20BrNO5. The number of carbonyl (C=O) groups excluding carboxylic acids is 1. The maximum Gasteiger partial charge on any atom is 0.262 e. The third-order valence-electron chi connectivity index (χ3n) is 4.81. The molecule has 0 aliphatic rings. The van der Waals surface area contributed by atoms with Gasteiger partial charge in [0.15, 0.2) is 6.61 Å². The van der Waals surface area contributed by atoms with Crippen LogP contribution in [0.4, 0.5) is 5.69 Å². The van der Waals surface area contributed by atoms with Crippen LogP contribution in [0.2, 0.25) is 0 Å². The zero-order valence-electron chi connectivity index (χ0n) is 17.5. The van der Waals surface area contributed by atoms with E-state index in [9.17, 15) is 9.59 Å². The molecule has 0 saturated heterocycles. The topological polar surface area (TPSA) is 77.8 Å². The number of hydrogen-bond donors (Lipinski definition) is 1. The highest BCUT2D eigenvalue weighted by Gasteiger charge is 2.12. The highest BCUT2D eigenvalue weighted by Crippen LogP contribution is 2.29. The molecule has 0 bridgehead atoms. The van der Waals surface area contributed by atoms with Crippen LogP contribution in [0.1, 0.15) is 11.1 Å². The average molecular weight is 494 g/mol. The van der Waals surface area contributed by atoms with Crippen LogP contribution in [-0.4, -0.2) is 12.5 Å². The fraction of sp³-hybridized carbons (Fsp3) is 0.120. The van der Waals surface area contributed by atoms with Gasteiger partial charge in [0, 0.05) is 11.8 Å². The summed E-state index contributed by atoms with van der Waals surface area (Å²) in [6.07, 6.45) is 1.26. The molecule has 1 heterocycles. The molecule has 162 valence electrons. The standard InChI is InChI=1S/C25H20BrNO5/c1-15-7-8-16(2)20(11-15)27-24(28)14-30-17-9-10-18-22(12-17)31-13-23(25(18)29)32-21-6-4-3-5-19(21)26/h3-13H,14H2,1-2H3,(H,27,28). The highest BCUT2D eigenvalue weighted by molar-refractivity contribution is 9.10. The van der Waals surface area contributed by atoms with E-state index in [1.165, 1.54) is 6.26 Å². The molecule has 32 heavy (non-hydrogen) atoms. The van der Waals surface area contributed by atoms with Gasteiger partial charge in [0.25, 0.3) is 5.91 Å². The Hall–Kier alpha value is -3.58. The molecule has 1 N–H and O–H groups in total. The van der Waals surface area contributed by atoms with E-state index >= 15 is 0 Å². The summed E-state index contributed by atoms with van der Waals surface area (Å²) < 4.78 is 17.6. The number of fused-ring (bicyclic) bond motifs is 1. The maximum absolute atomic E-state index is 12.8. The molecule has 0 unspecified atom stereocenters. The van der Waals surface area contributed by atoms with E-state index in [2.05, 4.69) is 21.2 Å². The number of carbonyl (C=O) groups is 1. The van der Waals surface area contributed by atoms with E-state index < -0.39 is 0 Å². The minimum Gasteiger partial charge on any atom is -0.484 e. The van der Waals surface area contributed by atoms with Crippen molar-refractivity contribution in [3.8, 4) is 17.2 Å². The van der Waals surface area contributed by atoms with E-state index in [-0.39, 0.29) is 23.7 Å². The molecule has 1 aromatic heterocycles. The number of amides is 1. The number of halogens is 1. The SMILES string of the molecule is Cc1ccc(C)c(NC(=O)COc2ccc3c(=O)c(Oc4ccccc4Br)coc3c2)c1. The second-order valence-corrected chi connectivity index (χ2v) is 8.13. The Bertz CT molecular complexity index is 1360. The summed E-state index contributed by atoms with van der Waals surface area (Å²) in [5.41, 5.74) is 2.81. The molecule has 6 nitrogen and oxygen atoms in total. The molecule has 1 amide bonds. The van der Waals surface area contributed by atoms with Crippen LogP contribution in [0, 0.1) is 13.8 Å². The van der Waals surface area contributed by atoms with Gasteiger partial charge in [0.2, 0.25) is 11.2 Å². The summed E-state index contributed by atoms with van der Waals surface area (Å²) in [4.78, 5) is 25.1. The number of anilines is 1. The highest BCUT2D eigenvalue weighted by atomic mass is 79.9. The monoisotopic (exact) mass is 493 g/mol. The maximum atomic E-state index is 12.8. The van der Waals surface area contributed by atoms with Crippen molar-refractivity contribution >= 4 is 38.5 Å². The number of hydrogen-bond acceptors (Lipinski definition) is 5. The number of nitrogens with one attached hydrogen (secondary N) is 1. The van der Waals surface area contributed by atoms with Gasteiger partial charge in [-0.1, -0.05) is 24.3 Å². The molecule has 4 aromatic rings. The lowest BCUT2D eigenvalue weighted by Crippen LogP contribution is -2.20. The lowest BCUT2D eigenvalue weighted by atomic mass is 10.1. The van der Waals surface area contributed by atoms with Crippen molar-refractivity contribution < 1.29 is 18.7 Å². The van der Waals surface area contributed by atoms with Crippen LogP contribution >= 0.6 is 15.9 Å². The van der Waals surface area contributed by atoms with Crippen LogP contribution in [0.15, 0.2) is 80.6 Å². The van der Waals surface area contributed by atoms with E-state index in [1.807, 2.05) is 50.2 Å². The fourth-order valence-corrected chi connectivity index (χ4v) is 3.47. The third-order valence-corrected chi connectivity index (χ3v) is 5.46. The van der Waals surface area contributed by atoms with Crippen molar-refractivity contribution in [3.05, 3.63) is 92.7 Å². The van der Waals surface area contributed by atoms with Crippen molar-refractivity contribution in [2.24, 2.45) is 0 Å². The normalized spacial score (nSPS) is 10.7. The van der Waals surface area contributed by atoms with E-state index in [4.69, 9.17) is 13.9 Å². The Balaban J connectivity index is 1.47. The van der Waals surface area contributed by atoms with Crippen LogP contribution < -0.4 is 20.2 Å². The first-order chi connectivity index (χ1) is 15.4. The molecule has 0 radical (unpaired) electrons. The summed E-state index contributed by atoms with van der Waals surface area (Å²) in [5.74, 6) is 0.716. The van der Waals surface area contributed by atoms with Crippen molar-refractivity contribution in [1.82, 2.24) is 0 Å². The first-order valence-corrected chi connectivity index (χ1v) is 10.7. The summed E-state index contributed by atoms with van der Waals surface area (Å²) in [6.45, 7) is 3.71. The van der Waals surface area contributed by atoms with Crippen molar-refractivity contribution in [2.45, 2.75) is 13.8 Å². The second-order valence-electron chi connectivity index (χ2n) is 7.27. The molecule has 0 atom stereocenters. The third kappa shape index (κ3) is 4.84. The molecule has 0 fully saturated rings. The zero-order valence-corrected chi connectivity index (χ0v) is 19.1. The van der Waals surface area contributed by atoms with Crippen LogP contribution in [0.25, 0.3) is 11.0 Å². The van der Waals surface area contributed by atoms with E-state index in [1.54, 1.807) is 24.3 Å². The predicted molar refractivity (Wildman–Crippen MR) is 127 cm³/mol. The van der Waals surface area contributed by atoms with E-state index in [0.717, 1.165) is 21.3 Å². The predicted octanol–water partition coefficient (Wildman–Crippen LogP) is 5.98. The van der Waals surface area contributed by atoms with E-state index in [0.29, 0.717) is 22.5 Å². The molecule has 7 heteroatoms. The Morgan fingerprint density at radius 2 is 1.84 bits per heavy atom. The first-order valence-electron chi connectivity index (χ1n) is 9.88. The van der Waals surface area contributed by atoms with Gasteiger partial charge >= 0.3 is 0 Å². The molecule has 0 aliphatic heterocycles. The number of aryl methyl sites for hydroxylation is 2. The summed E-state index contributed by atoms with van der Waals surface area (Å²) in [7, 11) is 0. The lowest BCUT2D eigenvalue weighted by Gasteiger charge is -2.11.